The molecule has 0 saturated heterocycles. The maximum atomic E-state index is 8.86. The van der Waals surface area contributed by atoms with Crippen molar-refractivity contribution in [2.75, 3.05) is 12.8 Å². The fourth-order valence-corrected chi connectivity index (χ4v) is 1.37. The van der Waals surface area contributed by atoms with Crippen LogP contribution in [-0.2, 0) is 0 Å². The maximum absolute atomic E-state index is 8.86. The number of hydrogen-bond acceptors (Lipinski definition) is 7. The molecule has 0 atom stereocenters. The van der Waals surface area contributed by atoms with E-state index in [1.54, 1.807) is 18.2 Å². The van der Waals surface area contributed by atoms with Gasteiger partial charge in [0.15, 0.2) is 0 Å². The summed E-state index contributed by atoms with van der Waals surface area (Å²) < 4.78 is 10.4. The highest BCUT2D eigenvalue weighted by Crippen LogP contribution is 2.24. The number of anilines is 1. The van der Waals surface area contributed by atoms with Gasteiger partial charge in [-0.3, -0.25) is 0 Å². The SMILES string of the molecule is COc1nc(N)nc(Oc2cc(C#N)ccc2C)n1. The van der Waals surface area contributed by atoms with E-state index in [1.807, 2.05) is 13.0 Å². The van der Waals surface area contributed by atoms with E-state index in [9.17, 15) is 0 Å². The van der Waals surface area contributed by atoms with Gasteiger partial charge in [0.05, 0.1) is 18.7 Å². The molecule has 0 radical (unpaired) electrons. The third-order valence-corrected chi connectivity index (χ3v) is 2.31. The van der Waals surface area contributed by atoms with Gasteiger partial charge in [0.1, 0.15) is 5.75 Å². The molecule has 0 amide bonds. The van der Waals surface area contributed by atoms with E-state index < -0.39 is 0 Å². The fourth-order valence-electron chi connectivity index (χ4n) is 1.37. The summed E-state index contributed by atoms with van der Waals surface area (Å²) in [7, 11) is 1.42. The Morgan fingerprint density at radius 1 is 1.21 bits per heavy atom. The Morgan fingerprint density at radius 2 is 1.95 bits per heavy atom. The maximum Gasteiger partial charge on any atom is 0.330 e. The van der Waals surface area contributed by atoms with E-state index >= 15 is 0 Å². The lowest BCUT2D eigenvalue weighted by atomic mass is 10.1. The minimum absolute atomic E-state index is 0.00376. The molecule has 7 nitrogen and oxygen atoms in total. The second kappa shape index (κ2) is 5.18. The van der Waals surface area contributed by atoms with Gasteiger partial charge in [-0.25, -0.2) is 0 Å². The van der Waals surface area contributed by atoms with Gasteiger partial charge in [0.2, 0.25) is 5.95 Å². The van der Waals surface area contributed by atoms with Crippen molar-refractivity contribution in [2.24, 2.45) is 0 Å². The molecule has 7 heteroatoms. The van der Waals surface area contributed by atoms with Crippen molar-refractivity contribution in [1.29, 1.82) is 5.26 Å². The molecule has 0 aliphatic carbocycles. The van der Waals surface area contributed by atoms with Crippen LogP contribution in [0.2, 0.25) is 0 Å². The summed E-state index contributed by atoms with van der Waals surface area (Å²) in [6.07, 6.45) is 0. The van der Waals surface area contributed by atoms with E-state index in [0.29, 0.717) is 11.3 Å². The topological polar surface area (TPSA) is 107 Å². The third kappa shape index (κ3) is 2.87. The summed E-state index contributed by atoms with van der Waals surface area (Å²) in [4.78, 5) is 11.5. The molecule has 1 aromatic heterocycles. The van der Waals surface area contributed by atoms with E-state index in [-0.39, 0.29) is 18.0 Å². The normalized spacial score (nSPS) is 9.74. The molecule has 96 valence electrons. The van der Waals surface area contributed by atoms with Crippen molar-refractivity contribution >= 4 is 5.95 Å². The van der Waals surface area contributed by atoms with Gasteiger partial charge in [-0.2, -0.15) is 15.2 Å². The zero-order valence-corrected chi connectivity index (χ0v) is 10.4. The minimum atomic E-state index is -0.00376. The molecule has 0 aliphatic rings. The number of benzene rings is 1. The summed E-state index contributed by atoms with van der Waals surface area (Å²) in [5, 5.41) is 8.86. The molecule has 2 aromatic rings. The molecule has 1 heterocycles. The average molecular weight is 257 g/mol. The smallest absolute Gasteiger partial charge is 0.330 e. The quantitative estimate of drug-likeness (QED) is 0.886. The van der Waals surface area contributed by atoms with Crippen LogP contribution in [0.15, 0.2) is 18.2 Å². The summed E-state index contributed by atoms with van der Waals surface area (Å²) in [5.41, 5.74) is 6.83. The van der Waals surface area contributed by atoms with Crippen LogP contribution in [0.25, 0.3) is 0 Å². The molecule has 0 unspecified atom stereocenters. The average Bonchev–Trinajstić information content (AvgIpc) is 2.40. The van der Waals surface area contributed by atoms with Crippen molar-refractivity contribution in [3.63, 3.8) is 0 Å². The van der Waals surface area contributed by atoms with Crippen LogP contribution in [-0.4, -0.2) is 22.1 Å². The number of nitrogen functional groups attached to an aromatic ring is 1. The molecular weight excluding hydrogens is 246 g/mol. The van der Waals surface area contributed by atoms with Crippen molar-refractivity contribution in [1.82, 2.24) is 15.0 Å². The Hall–Kier alpha value is -2.88. The lowest BCUT2D eigenvalue weighted by Crippen LogP contribution is -2.03. The number of aromatic nitrogens is 3. The predicted octanol–water partition coefficient (Wildman–Crippen LogP) is 1.43. The molecule has 2 rings (SSSR count). The third-order valence-electron chi connectivity index (χ3n) is 2.31. The highest BCUT2D eigenvalue weighted by atomic mass is 16.5. The Bertz CT molecular complexity index is 651. The van der Waals surface area contributed by atoms with Crippen LogP contribution < -0.4 is 15.2 Å². The van der Waals surface area contributed by atoms with Gasteiger partial charge >= 0.3 is 12.0 Å². The van der Waals surface area contributed by atoms with Crippen LogP contribution in [0.3, 0.4) is 0 Å². The number of hydrogen-bond donors (Lipinski definition) is 1. The van der Waals surface area contributed by atoms with Gasteiger partial charge < -0.3 is 15.2 Å². The first-order valence-corrected chi connectivity index (χ1v) is 5.36. The van der Waals surface area contributed by atoms with Crippen molar-refractivity contribution < 1.29 is 9.47 Å². The largest absolute Gasteiger partial charge is 0.467 e. The molecule has 0 saturated carbocycles. The molecule has 0 aliphatic heterocycles. The summed E-state index contributed by atoms with van der Waals surface area (Å²) in [5.74, 6) is 0.475. The van der Waals surface area contributed by atoms with Crippen molar-refractivity contribution in [2.45, 2.75) is 6.92 Å². The van der Waals surface area contributed by atoms with Crippen LogP contribution in [0, 0.1) is 18.3 Å². The monoisotopic (exact) mass is 257 g/mol. The molecule has 2 N–H and O–H groups in total. The first kappa shape index (κ1) is 12.6. The standard InChI is InChI=1S/C12H11N5O2/c1-7-3-4-8(6-13)5-9(7)19-12-16-10(14)15-11(17-12)18-2/h3-5H,1-2H3,(H2,14,15,16,17). The van der Waals surface area contributed by atoms with Gasteiger partial charge in [-0.1, -0.05) is 6.07 Å². The van der Waals surface area contributed by atoms with Gasteiger partial charge in [0, 0.05) is 0 Å². The Balaban J connectivity index is 2.36. The zero-order valence-electron chi connectivity index (χ0n) is 10.4. The molecule has 19 heavy (non-hydrogen) atoms. The molecule has 0 fully saturated rings. The van der Waals surface area contributed by atoms with Gasteiger partial charge in [0.25, 0.3) is 0 Å². The van der Waals surface area contributed by atoms with Crippen LogP contribution in [0.4, 0.5) is 5.95 Å². The van der Waals surface area contributed by atoms with Crippen LogP contribution in [0.1, 0.15) is 11.1 Å². The number of nitriles is 1. The lowest BCUT2D eigenvalue weighted by Gasteiger charge is -2.08. The van der Waals surface area contributed by atoms with E-state index in [4.69, 9.17) is 20.5 Å². The van der Waals surface area contributed by atoms with E-state index in [0.717, 1.165) is 5.56 Å². The van der Waals surface area contributed by atoms with E-state index in [2.05, 4.69) is 15.0 Å². The highest BCUT2D eigenvalue weighted by Gasteiger charge is 2.09. The second-order valence-corrected chi connectivity index (χ2v) is 3.66. The van der Waals surface area contributed by atoms with Crippen molar-refractivity contribution in [3.8, 4) is 23.8 Å². The first-order chi connectivity index (χ1) is 9.12. The number of rotatable bonds is 3. The lowest BCUT2D eigenvalue weighted by molar-refractivity contribution is 0.360. The Morgan fingerprint density at radius 3 is 2.63 bits per heavy atom. The number of aryl methyl sites for hydroxylation is 1. The van der Waals surface area contributed by atoms with Crippen LogP contribution in [0.5, 0.6) is 17.8 Å². The number of ether oxygens (including phenoxy) is 2. The van der Waals surface area contributed by atoms with Crippen LogP contribution >= 0.6 is 0 Å². The summed E-state index contributed by atoms with van der Waals surface area (Å²) >= 11 is 0. The molecular formula is C12H11N5O2. The Labute approximate surface area is 109 Å². The predicted molar refractivity (Wildman–Crippen MR) is 66.8 cm³/mol. The summed E-state index contributed by atoms with van der Waals surface area (Å²) in [6, 6.07) is 7.19. The molecule has 0 bridgehead atoms. The molecule has 1 aromatic carbocycles. The Kier molecular flexibility index (Phi) is 3.43. The first-order valence-electron chi connectivity index (χ1n) is 5.36. The van der Waals surface area contributed by atoms with Crippen molar-refractivity contribution in [3.05, 3.63) is 29.3 Å². The summed E-state index contributed by atoms with van der Waals surface area (Å²) in [6.45, 7) is 1.85. The highest BCUT2D eigenvalue weighted by molar-refractivity contribution is 5.43. The second-order valence-electron chi connectivity index (χ2n) is 3.66. The number of nitrogens with two attached hydrogens (primary N) is 1. The minimum Gasteiger partial charge on any atom is -0.467 e. The number of methoxy groups -OCH3 is 1. The van der Waals surface area contributed by atoms with Gasteiger partial charge in [-0.15, -0.1) is 4.98 Å². The molecule has 0 spiro atoms. The number of nitrogens with zero attached hydrogens (tertiary/aromatic N) is 4. The van der Waals surface area contributed by atoms with E-state index in [1.165, 1.54) is 7.11 Å². The zero-order chi connectivity index (χ0) is 13.8. The fraction of sp³-hybridized carbons (Fsp3) is 0.167. The van der Waals surface area contributed by atoms with Gasteiger partial charge in [-0.05, 0) is 24.6 Å².